The van der Waals surface area contributed by atoms with E-state index in [1.165, 1.54) is 0 Å². The molecule has 0 saturated heterocycles. The molecule has 1 fully saturated rings. The molecule has 0 aromatic carbocycles. The fourth-order valence-electron chi connectivity index (χ4n) is 2.77. The molecule has 5 nitrogen and oxygen atoms in total. The van der Waals surface area contributed by atoms with Crippen molar-refractivity contribution in [2.24, 2.45) is 11.1 Å². The Hall–Kier alpha value is -1.43. The molecule has 1 aromatic heterocycles. The van der Waals surface area contributed by atoms with Crippen LogP contribution in [0.25, 0.3) is 0 Å². The van der Waals surface area contributed by atoms with E-state index < -0.39 is 5.41 Å². The van der Waals surface area contributed by atoms with Gasteiger partial charge in [0.1, 0.15) is 5.82 Å². The van der Waals surface area contributed by atoms with Gasteiger partial charge in [0.2, 0.25) is 5.91 Å². The SMILES string of the molecule is CN(Cc1ncc[nH]1)C(=O)C1(C(N)=S)CCCCC1. The van der Waals surface area contributed by atoms with E-state index in [4.69, 9.17) is 18.0 Å². The summed E-state index contributed by atoms with van der Waals surface area (Å²) in [5.74, 6) is 0.792. The van der Waals surface area contributed by atoms with Crippen LogP contribution in [-0.4, -0.2) is 32.8 Å². The van der Waals surface area contributed by atoms with Gasteiger partial charge in [-0.05, 0) is 12.8 Å². The average molecular weight is 280 g/mol. The Morgan fingerprint density at radius 3 is 2.74 bits per heavy atom. The van der Waals surface area contributed by atoms with Gasteiger partial charge in [-0.3, -0.25) is 4.79 Å². The maximum Gasteiger partial charge on any atom is 0.235 e. The van der Waals surface area contributed by atoms with Crippen LogP contribution in [0.5, 0.6) is 0 Å². The Bertz CT molecular complexity index is 451. The molecule has 2 rings (SSSR count). The number of hydrogen-bond donors (Lipinski definition) is 2. The van der Waals surface area contributed by atoms with Crippen LogP contribution in [0.2, 0.25) is 0 Å². The predicted octanol–water partition coefficient (Wildman–Crippen LogP) is 1.60. The van der Waals surface area contributed by atoms with Crippen molar-refractivity contribution in [3.63, 3.8) is 0 Å². The predicted molar refractivity (Wildman–Crippen MR) is 77.4 cm³/mol. The number of hydrogen-bond acceptors (Lipinski definition) is 3. The molecule has 0 unspecified atom stereocenters. The topological polar surface area (TPSA) is 75.0 Å². The third kappa shape index (κ3) is 2.78. The van der Waals surface area contributed by atoms with E-state index in [-0.39, 0.29) is 5.91 Å². The Morgan fingerprint density at radius 1 is 1.53 bits per heavy atom. The number of nitrogens with one attached hydrogen (secondary N) is 1. The highest BCUT2D eigenvalue weighted by Crippen LogP contribution is 2.38. The monoisotopic (exact) mass is 280 g/mol. The molecule has 1 saturated carbocycles. The number of carbonyl (C=O) groups is 1. The van der Waals surface area contributed by atoms with Gasteiger partial charge in [0.15, 0.2) is 0 Å². The second-order valence-corrected chi connectivity index (χ2v) is 5.64. The van der Waals surface area contributed by atoms with Gasteiger partial charge in [-0.25, -0.2) is 4.98 Å². The normalized spacial score (nSPS) is 17.9. The van der Waals surface area contributed by atoms with Gasteiger partial charge in [-0.15, -0.1) is 0 Å². The zero-order chi connectivity index (χ0) is 13.9. The number of imidazole rings is 1. The largest absolute Gasteiger partial charge is 0.392 e. The van der Waals surface area contributed by atoms with Crippen molar-refractivity contribution in [1.82, 2.24) is 14.9 Å². The van der Waals surface area contributed by atoms with Crippen LogP contribution >= 0.6 is 12.2 Å². The molecule has 6 heteroatoms. The molecule has 3 N–H and O–H groups in total. The number of aromatic amines is 1. The van der Waals surface area contributed by atoms with E-state index in [9.17, 15) is 4.79 Å². The van der Waals surface area contributed by atoms with Gasteiger partial charge < -0.3 is 15.6 Å². The number of nitrogens with zero attached hydrogens (tertiary/aromatic N) is 2. The van der Waals surface area contributed by atoms with Gasteiger partial charge in [0.05, 0.1) is 16.9 Å². The maximum atomic E-state index is 12.7. The molecule has 1 amide bonds. The lowest BCUT2D eigenvalue weighted by Crippen LogP contribution is -2.50. The molecule has 0 bridgehead atoms. The molecule has 1 aliphatic rings. The van der Waals surface area contributed by atoms with E-state index in [2.05, 4.69) is 9.97 Å². The molecule has 1 aromatic rings. The lowest BCUT2D eigenvalue weighted by atomic mass is 9.73. The van der Waals surface area contributed by atoms with Crippen LogP contribution in [-0.2, 0) is 11.3 Å². The molecule has 0 aliphatic heterocycles. The van der Waals surface area contributed by atoms with Crippen LogP contribution in [0.4, 0.5) is 0 Å². The standard InChI is InChI=1S/C13H20N4OS/c1-17(9-10-15-7-8-16-10)12(18)13(11(14)19)5-3-2-4-6-13/h7-8H,2-6,9H2,1H3,(H2,14,19)(H,15,16). The van der Waals surface area contributed by atoms with E-state index in [0.29, 0.717) is 11.5 Å². The number of rotatable bonds is 4. The zero-order valence-electron chi connectivity index (χ0n) is 11.2. The summed E-state index contributed by atoms with van der Waals surface area (Å²) in [5, 5.41) is 0. The number of H-pyrrole nitrogens is 1. The third-order valence-electron chi connectivity index (χ3n) is 3.88. The number of thiocarbonyl (C=S) groups is 1. The van der Waals surface area contributed by atoms with E-state index in [1.807, 2.05) is 0 Å². The number of carbonyl (C=O) groups excluding carboxylic acids is 1. The van der Waals surface area contributed by atoms with Crippen molar-refractivity contribution in [1.29, 1.82) is 0 Å². The highest BCUT2D eigenvalue weighted by atomic mass is 32.1. The summed E-state index contributed by atoms with van der Waals surface area (Å²) in [6.45, 7) is 0.455. The van der Waals surface area contributed by atoms with Gasteiger partial charge in [0, 0.05) is 19.4 Å². The lowest BCUT2D eigenvalue weighted by Gasteiger charge is -2.37. The van der Waals surface area contributed by atoms with Crippen LogP contribution in [0.3, 0.4) is 0 Å². The minimum atomic E-state index is -0.644. The van der Waals surface area contributed by atoms with Crippen LogP contribution in [0, 0.1) is 5.41 Å². The summed E-state index contributed by atoms with van der Waals surface area (Å²) >= 11 is 5.18. The summed E-state index contributed by atoms with van der Waals surface area (Å²) in [6.07, 6.45) is 8.14. The molecular formula is C13H20N4OS. The van der Waals surface area contributed by atoms with E-state index in [1.54, 1.807) is 24.3 Å². The first-order valence-electron chi connectivity index (χ1n) is 6.60. The second kappa shape index (κ2) is 5.69. The van der Waals surface area contributed by atoms with Gasteiger partial charge >= 0.3 is 0 Å². The Labute approximate surface area is 118 Å². The van der Waals surface area contributed by atoms with Crippen LogP contribution in [0.15, 0.2) is 12.4 Å². The Morgan fingerprint density at radius 2 is 2.21 bits per heavy atom. The molecule has 0 radical (unpaired) electrons. The van der Waals surface area contributed by atoms with Crippen molar-refractivity contribution in [2.45, 2.75) is 38.6 Å². The first kappa shape index (κ1) is 14.0. The fraction of sp³-hybridized carbons (Fsp3) is 0.615. The quantitative estimate of drug-likeness (QED) is 0.822. The molecular weight excluding hydrogens is 260 g/mol. The number of amides is 1. The maximum absolute atomic E-state index is 12.7. The van der Waals surface area contributed by atoms with Crippen molar-refractivity contribution >= 4 is 23.1 Å². The smallest absolute Gasteiger partial charge is 0.235 e. The summed E-state index contributed by atoms with van der Waals surface area (Å²) in [7, 11) is 1.78. The van der Waals surface area contributed by atoms with Crippen molar-refractivity contribution in [3.05, 3.63) is 18.2 Å². The summed E-state index contributed by atoms with van der Waals surface area (Å²) in [6, 6.07) is 0. The highest BCUT2D eigenvalue weighted by Gasteiger charge is 2.43. The number of nitrogens with two attached hydrogens (primary N) is 1. The molecule has 0 atom stereocenters. The lowest BCUT2D eigenvalue weighted by molar-refractivity contribution is -0.139. The third-order valence-corrected chi connectivity index (χ3v) is 4.27. The first-order chi connectivity index (χ1) is 9.06. The van der Waals surface area contributed by atoms with E-state index >= 15 is 0 Å². The second-order valence-electron chi connectivity index (χ2n) is 5.20. The summed E-state index contributed by atoms with van der Waals surface area (Å²) < 4.78 is 0. The van der Waals surface area contributed by atoms with Crippen molar-refractivity contribution < 1.29 is 4.79 Å². The molecule has 19 heavy (non-hydrogen) atoms. The summed E-state index contributed by atoms with van der Waals surface area (Å²) in [4.78, 5) is 21.8. The summed E-state index contributed by atoms with van der Waals surface area (Å²) in [5.41, 5.74) is 5.23. The minimum Gasteiger partial charge on any atom is -0.392 e. The Kier molecular flexibility index (Phi) is 4.19. The van der Waals surface area contributed by atoms with Crippen molar-refractivity contribution in [3.8, 4) is 0 Å². The van der Waals surface area contributed by atoms with Crippen molar-refractivity contribution in [2.75, 3.05) is 7.05 Å². The molecule has 1 heterocycles. The molecule has 1 aliphatic carbocycles. The highest BCUT2D eigenvalue weighted by molar-refractivity contribution is 7.80. The minimum absolute atomic E-state index is 0.0242. The zero-order valence-corrected chi connectivity index (χ0v) is 12.0. The van der Waals surface area contributed by atoms with Gasteiger partial charge in [0.25, 0.3) is 0 Å². The van der Waals surface area contributed by atoms with Crippen LogP contribution < -0.4 is 5.73 Å². The van der Waals surface area contributed by atoms with E-state index in [0.717, 1.165) is 37.9 Å². The average Bonchev–Trinajstić information content (AvgIpc) is 2.91. The number of aromatic nitrogens is 2. The van der Waals surface area contributed by atoms with Crippen LogP contribution in [0.1, 0.15) is 37.9 Å². The molecule has 104 valence electrons. The Balaban J connectivity index is 2.13. The first-order valence-corrected chi connectivity index (χ1v) is 7.01. The van der Waals surface area contributed by atoms with Gasteiger partial charge in [-0.1, -0.05) is 31.5 Å². The van der Waals surface area contributed by atoms with Gasteiger partial charge in [-0.2, -0.15) is 0 Å². The molecule has 0 spiro atoms. The fourth-order valence-corrected chi connectivity index (χ4v) is 3.06.